The van der Waals surface area contributed by atoms with E-state index in [2.05, 4.69) is 9.97 Å². The number of aromatic amines is 1. The number of nitrogens with one attached hydrogen (secondary N) is 1. The van der Waals surface area contributed by atoms with Crippen LogP contribution in [0.25, 0.3) is 0 Å². The summed E-state index contributed by atoms with van der Waals surface area (Å²) in [6.45, 7) is 3.20. The van der Waals surface area contributed by atoms with Gasteiger partial charge in [-0.2, -0.15) is 17.5 Å². The number of rotatable bonds is 5. The third-order valence-electron chi connectivity index (χ3n) is 5.33. The third-order valence-corrected chi connectivity index (χ3v) is 7.29. The van der Waals surface area contributed by atoms with E-state index >= 15 is 0 Å². The van der Waals surface area contributed by atoms with Gasteiger partial charge in [-0.1, -0.05) is 12.1 Å². The summed E-state index contributed by atoms with van der Waals surface area (Å²) in [5.41, 5.74) is -0.569. The quantitative estimate of drug-likeness (QED) is 0.716. The van der Waals surface area contributed by atoms with Crippen molar-refractivity contribution in [1.82, 2.24) is 19.2 Å². The fourth-order valence-electron chi connectivity index (χ4n) is 3.68. The molecule has 2 heterocycles. The van der Waals surface area contributed by atoms with E-state index in [1.807, 2.05) is 0 Å². The number of nitrogens with zero attached hydrogens (tertiary/aromatic N) is 3. The van der Waals surface area contributed by atoms with Crippen molar-refractivity contribution in [3.63, 3.8) is 0 Å². The van der Waals surface area contributed by atoms with Gasteiger partial charge in [0.25, 0.3) is 5.56 Å². The van der Waals surface area contributed by atoms with Crippen LogP contribution in [-0.4, -0.2) is 59.7 Å². The first-order valence-electron chi connectivity index (χ1n) is 9.92. The summed E-state index contributed by atoms with van der Waals surface area (Å²) < 4.78 is 66.4. The number of aromatic nitrogens is 2. The molecule has 0 bridgehead atoms. The number of H-pyrrole nitrogens is 1. The van der Waals surface area contributed by atoms with Crippen molar-refractivity contribution in [1.29, 1.82) is 0 Å². The van der Waals surface area contributed by atoms with Crippen molar-refractivity contribution in [2.75, 3.05) is 26.2 Å². The van der Waals surface area contributed by atoms with E-state index in [1.165, 1.54) is 11.0 Å². The predicted molar refractivity (Wildman–Crippen MR) is 109 cm³/mol. The van der Waals surface area contributed by atoms with Crippen LogP contribution in [0.2, 0.25) is 0 Å². The molecule has 1 fully saturated rings. The zero-order valence-electron chi connectivity index (χ0n) is 17.6. The van der Waals surface area contributed by atoms with E-state index in [-0.39, 0.29) is 50.5 Å². The molecule has 1 aliphatic rings. The Balaban J connectivity index is 1.65. The molecule has 2 aromatic rings. The molecule has 174 valence electrons. The number of sulfonamides is 1. The molecule has 0 spiro atoms. The summed E-state index contributed by atoms with van der Waals surface area (Å²) in [7, 11) is -4.37. The topological polar surface area (TPSA) is 103 Å². The maximum absolute atomic E-state index is 13.3. The molecule has 0 atom stereocenters. The lowest BCUT2D eigenvalue weighted by Gasteiger charge is -2.34. The molecule has 1 aromatic carbocycles. The monoisotopic (exact) mass is 472 g/mol. The summed E-state index contributed by atoms with van der Waals surface area (Å²) in [6.07, 6.45) is -4.58. The number of benzene rings is 1. The van der Waals surface area contributed by atoms with Crippen molar-refractivity contribution in [2.45, 2.75) is 37.8 Å². The highest BCUT2D eigenvalue weighted by Gasteiger charge is 2.39. The zero-order chi connectivity index (χ0) is 23.7. The van der Waals surface area contributed by atoms with Gasteiger partial charge in [0.05, 0.1) is 10.5 Å². The number of hydrogen-bond acceptors (Lipinski definition) is 5. The second-order valence-corrected chi connectivity index (χ2v) is 9.40. The number of carbonyl (C=O) groups excluding carboxylic acids is 1. The molecule has 0 unspecified atom stereocenters. The second-order valence-electron chi connectivity index (χ2n) is 7.49. The highest BCUT2D eigenvalue weighted by atomic mass is 32.2. The van der Waals surface area contributed by atoms with Crippen molar-refractivity contribution >= 4 is 15.9 Å². The number of carbonyl (C=O) groups is 1. The van der Waals surface area contributed by atoms with Crippen LogP contribution in [0.15, 0.2) is 34.0 Å². The number of aryl methyl sites for hydroxylation is 2. The first kappa shape index (κ1) is 23.9. The first-order valence-corrected chi connectivity index (χ1v) is 11.4. The van der Waals surface area contributed by atoms with Gasteiger partial charge < -0.3 is 9.88 Å². The van der Waals surface area contributed by atoms with Crippen LogP contribution in [0.4, 0.5) is 13.2 Å². The molecule has 1 aliphatic heterocycles. The Morgan fingerprint density at radius 3 is 2.34 bits per heavy atom. The van der Waals surface area contributed by atoms with Gasteiger partial charge in [-0.25, -0.2) is 13.4 Å². The summed E-state index contributed by atoms with van der Waals surface area (Å²) >= 11 is 0. The van der Waals surface area contributed by atoms with Gasteiger partial charge in [-0.15, -0.1) is 0 Å². The highest BCUT2D eigenvalue weighted by molar-refractivity contribution is 7.89. The van der Waals surface area contributed by atoms with Crippen molar-refractivity contribution < 1.29 is 26.4 Å². The smallest absolute Gasteiger partial charge is 0.340 e. The van der Waals surface area contributed by atoms with Crippen molar-refractivity contribution in [2.24, 2.45) is 0 Å². The van der Waals surface area contributed by atoms with Crippen LogP contribution >= 0.6 is 0 Å². The fraction of sp³-hybridized carbons (Fsp3) is 0.450. The second kappa shape index (κ2) is 9.02. The Morgan fingerprint density at radius 1 is 1.12 bits per heavy atom. The molecule has 12 heteroatoms. The Bertz CT molecular complexity index is 1170. The third kappa shape index (κ3) is 5.01. The van der Waals surface area contributed by atoms with Gasteiger partial charge in [0.15, 0.2) is 0 Å². The largest absolute Gasteiger partial charge is 0.417 e. The summed E-state index contributed by atoms with van der Waals surface area (Å²) in [4.78, 5) is 32.0. The van der Waals surface area contributed by atoms with E-state index in [1.54, 1.807) is 13.8 Å². The summed E-state index contributed by atoms with van der Waals surface area (Å²) in [5.74, 6) is 0.212. The molecule has 1 aromatic heterocycles. The highest BCUT2D eigenvalue weighted by Crippen LogP contribution is 2.35. The molecule has 0 radical (unpaired) electrons. The number of piperazine rings is 1. The molecular formula is C20H23F3N4O4S. The Hall–Kier alpha value is -2.73. The fourth-order valence-corrected chi connectivity index (χ4v) is 5.31. The first-order chi connectivity index (χ1) is 14.9. The standard InChI is InChI=1S/C20H23F3N4O4S/c1-13-15(19(29)25-14(2)24-13)7-8-18(28)26-9-11-27(12-10-26)32(30,31)17-6-4-3-5-16(17)20(21,22)23/h3-6H,7-12H2,1-2H3,(H,24,25,29). The van der Waals surface area contributed by atoms with Crippen LogP contribution in [0.1, 0.15) is 29.1 Å². The minimum absolute atomic E-state index is 0.0400. The molecule has 1 amide bonds. The Morgan fingerprint density at radius 2 is 1.75 bits per heavy atom. The molecule has 0 aliphatic carbocycles. The number of hydrogen-bond donors (Lipinski definition) is 1. The number of alkyl halides is 3. The Labute approximate surface area is 183 Å². The number of halogens is 3. The van der Waals surface area contributed by atoms with Crippen LogP contribution in [0, 0.1) is 13.8 Å². The van der Waals surface area contributed by atoms with Crippen LogP contribution in [0.3, 0.4) is 0 Å². The predicted octanol–water partition coefficient (Wildman–Crippen LogP) is 1.87. The van der Waals surface area contributed by atoms with E-state index in [9.17, 15) is 31.2 Å². The lowest BCUT2D eigenvalue weighted by molar-refractivity contribution is -0.139. The maximum Gasteiger partial charge on any atom is 0.417 e. The van der Waals surface area contributed by atoms with Gasteiger partial charge in [0, 0.05) is 43.9 Å². The molecule has 1 N–H and O–H groups in total. The minimum atomic E-state index is -4.80. The van der Waals surface area contributed by atoms with Crippen LogP contribution in [-0.2, 0) is 27.4 Å². The summed E-state index contributed by atoms with van der Waals surface area (Å²) in [5, 5.41) is 0. The lowest BCUT2D eigenvalue weighted by Crippen LogP contribution is -2.50. The number of amides is 1. The average molecular weight is 472 g/mol. The van der Waals surface area contributed by atoms with Crippen molar-refractivity contribution in [3.05, 3.63) is 57.3 Å². The zero-order valence-corrected chi connectivity index (χ0v) is 18.4. The minimum Gasteiger partial charge on any atom is -0.340 e. The van der Waals surface area contributed by atoms with Gasteiger partial charge in [-0.3, -0.25) is 9.59 Å². The maximum atomic E-state index is 13.3. The molecular weight excluding hydrogens is 449 g/mol. The Kier molecular flexibility index (Phi) is 6.75. The van der Waals surface area contributed by atoms with E-state index in [0.717, 1.165) is 22.5 Å². The van der Waals surface area contributed by atoms with E-state index in [0.29, 0.717) is 17.1 Å². The SMILES string of the molecule is Cc1nc(C)c(CCC(=O)N2CCN(S(=O)(=O)c3ccccc3C(F)(F)F)CC2)c(=O)[nH]1. The molecule has 32 heavy (non-hydrogen) atoms. The van der Waals surface area contributed by atoms with Crippen LogP contribution in [0.5, 0.6) is 0 Å². The molecule has 1 saturated heterocycles. The summed E-state index contributed by atoms with van der Waals surface area (Å²) in [6, 6.07) is 4.04. The van der Waals surface area contributed by atoms with E-state index < -0.39 is 26.7 Å². The normalized spacial score (nSPS) is 15.7. The lowest BCUT2D eigenvalue weighted by atomic mass is 10.1. The molecule has 3 rings (SSSR count). The van der Waals surface area contributed by atoms with Crippen LogP contribution < -0.4 is 5.56 Å². The van der Waals surface area contributed by atoms with Gasteiger partial charge in [0.2, 0.25) is 15.9 Å². The van der Waals surface area contributed by atoms with E-state index in [4.69, 9.17) is 0 Å². The molecule has 0 saturated carbocycles. The molecule has 8 nitrogen and oxygen atoms in total. The van der Waals surface area contributed by atoms with Gasteiger partial charge in [-0.05, 0) is 32.4 Å². The van der Waals surface area contributed by atoms with Gasteiger partial charge in [0.1, 0.15) is 5.82 Å². The van der Waals surface area contributed by atoms with Gasteiger partial charge >= 0.3 is 6.18 Å². The van der Waals surface area contributed by atoms with Crippen molar-refractivity contribution in [3.8, 4) is 0 Å². The average Bonchev–Trinajstić information content (AvgIpc) is 2.72.